The minimum Gasteiger partial charge on any atom is -0.496 e. The Bertz CT molecular complexity index is 1040. The molecule has 0 fully saturated rings. The Balaban J connectivity index is 1.52. The lowest BCUT2D eigenvalue weighted by Gasteiger charge is -2.12. The van der Waals surface area contributed by atoms with Gasteiger partial charge in [-0.2, -0.15) is 5.10 Å². The second-order valence-electron chi connectivity index (χ2n) is 7.38. The first-order chi connectivity index (χ1) is 15.0. The SMILES string of the molecule is COc1ccc(/C=C/C(=O)NCCCn2cc(C)cn2)cc1COc1ccccc1C. The number of aromatic nitrogens is 2. The molecule has 0 unspecified atom stereocenters. The van der Waals surface area contributed by atoms with E-state index in [1.165, 1.54) is 0 Å². The van der Waals surface area contributed by atoms with Crippen molar-refractivity contribution in [1.82, 2.24) is 15.1 Å². The van der Waals surface area contributed by atoms with E-state index in [0.717, 1.165) is 46.7 Å². The van der Waals surface area contributed by atoms with Gasteiger partial charge in [0.15, 0.2) is 0 Å². The van der Waals surface area contributed by atoms with E-state index in [2.05, 4.69) is 10.4 Å². The van der Waals surface area contributed by atoms with Gasteiger partial charge < -0.3 is 14.8 Å². The Kier molecular flexibility index (Phi) is 7.87. The number of hydrogen-bond acceptors (Lipinski definition) is 4. The number of methoxy groups -OCH3 is 1. The molecule has 2 aromatic carbocycles. The van der Waals surface area contributed by atoms with Gasteiger partial charge in [0, 0.05) is 30.9 Å². The summed E-state index contributed by atoms with van der Waals surface area (Å²) in [6, 6.07) is 13.7. The van der Waals surface area contributed by atoms with Crippen LogP contribution in [-0.2, 0) is 17.9 Å². The lowest BCUT2D eigenvalue weighted by atomic mass is 10.1. The fourth-order valence-electron chi connectivity index (χ4n) is 3.16. The van der Waals surface area contributed by atoms with Crippen molar-refractivity contribution < 1.29 is 14.3 Å². The molecule has 1 N–H and O–H groups in total. The van der Waals surface area contributed by atoms with Crippen molar-refractivity contribution in [3.8, 4) is 11.5 Å². The predicted octanol–water partition coefficient (Wildman–Crippen LogP) is 4.31. The topological polar surface area (TPSA) is 65.4 Å². The summed E-state index contributed by atoms with van der Waals surface area (Å²) in [6.45, 7) is 5.78. The van der Waals surface area contributed by atoms with Crippen molar-refractivity contribution in [2.24, 2.45) is 0 Å². The molecule has 1 aromatic heterocycles. The highest BCUT2D eigenvalue weighted by molar-refractivity contribution is 5.91. The molecule has 0 saturated heterocycles. The normalized spacial score (nSPS) is 10.9. The zero-order chi connectivity index (χ0) is 22.1. The molecule has 6 nitrogen and oxygen atoms in total. The van der Waals surface area contributed by atoms with Crippen molar-refractivity contribution in [3.63, 3.8) is 0 Å². The second kappa shape index (κ2) is 11.0. The summed E-state index contributed by atoms with van der Waals surface area (Å²) in [5.41, 5.74) is 4.04. The van der Waals surface area contributed by atoms with Crippen LogP contribution in [0.5, 0.6) is 11.5 Å². The molecule has 0 atom stereocenters. The minimum atomic E-state index is -0.120. The van der Waals surface area contributed by atoms with E-state index in [4.69, 9.17) is 9.47 Å². The quantitative estimate of drug-likeness (QED) is 0.393. The highest BCUT2D eigenvalue weighted by Crippen LogP contribution is 2.24. The van der Waals surface area contributed by atoms with Crippen LogP contribution in [0.2, 0.25) is 0 Å². The summed E-state index contributed by atoms with van der Waals surface area (Å²) in [5, 5.41) is 7.14. The number of aryl methyl sites for hydroxylation is 3. The molecule has 31 heavy (non-hydrogen) atoms. The molecule has 162 valence electrons. The molecule has 0 radical (unpaired) electrons. The highest BCUT2D eigenvalue weighted by atomic mass is 16.5. The number of benzene rings is 2. The lowest BCUT2D eigenvalue weighted by molar-refractivity contribution is -0.116. The van der Waals surface area contributed by atoms with Gasteiger partial charge in [-0.25, -0.2) is 0 Å². The molecule has 3 rings (SSSR count). The average Bonchev–Trinajstić information content (AvgIpc) is 3.19. The summed E-state index contributed by atoms with van der Waals surface area (Å²) in [4.78, 5) is 12.1. The first-order valence-corrected chi connectivity index (χ1v) is 10.4. The van der Waals surface area contributed by atoms with Crippen molar-refractivity contribution in [3.05, 3.63) is 83.2 Å². The van der Waals surface area contributed by atoms with E-state index >= 15 is 0 Å². The molecule has 1 amide bonds. The molecule has 1 heterocycles. The van der Waals surface area contributed by atoms with Gasteiger partial charge in [0.25, 0.3) is 0 Å². The first-order valence-electron chi connectivity index (χ1n) is 10.4. The molecule has 0 aliphatic rings. The zero-order valence-corrected chi connectivity index (χ0v) is 18.3. The molecule has 0 bridgehead atoms. The van der Waals surface area contributed by atoms with Gasteiger partial charge in [-0.3, -0.25) is 9.48 Å². The summed E-state index contributed by atoms with van der Waals surface area (Å²) < 4.78 is 13.3. The molecule has 0 saturated carbocycles. The molecule has 3 aromatic rings. The second-order valence-corrected chi connectivity index (χ2v) is 7.38. The molecular weight excluding hydrogens is 390 g/mol. The Morgan fingerprint density at radius 3 is 2.74 bits per heavy atom. The summed E-state index contributed by atoms with van der Waals surface area (Å²) in [5.74, 6) is 1.48. The van der Waals surface area contributed by atoms with Gasteiger partial charge in [0.05, 0.1) is 13.3 Å². The van der Waals surface area contributed by atoms with E-state index < -0.39 is 0 Å². The van der Waals surface area contributed by atoms with Crippen LogP contribution in [-0.4, -0.2) is 29.3 Å². The number of para-hydroxylation sites is 1. The third-order valence-electron chi connectivity index (χ3n) is 4.83. The van der Waals surface area contributed by atoms with Crippen LogP contribution >= 0.6 is 0 Å². The number of amides is 1. The maximum absolute atomic E-state index is 12.1. The number of hydrogen-bond donors (Lipinski definition) is 1. The van der Waals surface area contributed by atoms with Crippen LogP contribution in [0.15, 0.2) is 60.9 Å². The third-order valence-corrected chi connectivity index (χ3v) is 4.83. The van der Waals surface area contributed by atoms with Gasteiger partial charge in [0.2, 0.25) is 5.91 Å². The monoisotopic (exact) mass is 419 g/mol. The Hall–Kier alpha value is -3.54. The van der Waals surface area contributed by atoms with Crippen molar-refractivity contribution >= 4 is 12.0 Å². The average molecular weight is 420 g/mol. The Morgan fingerprint density at radius 2 is 2.00 bits per heavy atom. The molecule has 0 spiro atoms. The van der Waals surface area contributed by atoms with E-state index in [-0.39, 0.29) is 5.91 Å². The Morgan fingerprint density at radius 1 is 1.16 bits per heavy atom. The van der Waals surface area contributed by atoms with E-state index in [1.807, 2.05) is 73.4 Å². The number of rotatable bonds is 10. The predicted molar refractivity (Wildman–Crippen MR) is 122 cm³/mol. The number of carbonyl (C=O) groups excluding carboxylic acids is 1. The molecule has 0 aliphatic heterocycles. The van der Waals surface area contributed by atoms with Crippen LogP contribution in [0, 0.1) is 13.8 Å². The molecular formula is C25H29N3O3. The van der Waals surface area contributed by atoms with Crippen LogP contribution in [0.4, 0.5) is 0 Å². The first kappa shape index (κ1) is 22.2. The number of nitrogens with zero attached hydrogens (tertiary/aromatic N) is 2. The largest absolute Gasteiger partial charge is 0.496 e. The van der Waals surface area contributed by atoms with Gasteiger partial charge in [0.1, 0.15) is 18.1 Å². The van der Waals surface area contributed by atoms with Crippen LogP contribution in [0.1, 0.15) is 28.7 Å². The smallest absolute Gasteiger partial charge is 0.244 e. The summed E-state index contributed by atoms with van der Waals surface area (Å²) in [6.07, 6.45) is 7.99. The third kappa shape index (κ3) is 6.74. The van der Waals surface area contributed by atoms with E-state index in [1.54, 1.807) is 19.3 Å². The zero-order valence-electron chi connectivity index (χ0n) is 18.3. The van der Waals surface area contributed by atoms with Crippen LogP contribution in [0.25, 0.3) is 6.08 Å². The number of carbonyl (C=O) groups is 1. The lowest BCUT2D eigenvalue weighted by Crippen LogP contribution is -2.23. The van der Waals surface area contributed by atoms with Crippen molar-refractivity contribution in [2.45, 2.75) is 33.4 Å². The maximum Gasteiger partial charge on any atom is 0.244 e. The number of nitrogens with one attached hydrogen (secondary N) is 1. The number of ether oxygens (including phenoxy) is 2. The van der Waals surface area contributed by atoms with Crippen molar-refractivity contribution in [2.75, 3.05) is 13.7 Å². The Labute approximate surface area is 183 Å². The highest BCUT2D eigenvalue weighted by Gasteiger charge is 2.06. The standard InChI is InChI=1S/C25H29N3O3/c1-19-16-27-28(17-19)14-6-13-26-25(29)12-10-21-9-11-24(30-3)22(15-21)18-31-23-8-5-4-7-20(23)2/h4-5,7-12,15-17H,6,13-14,18H2,1-3H3,(H,26,29)/b12-10+. The van der Waals surface area contributed by atoms with E-state index in [0.29, 0.717) is 13.2 Å². The van der Waals surface area contributed by atoms with Gasteiger partial charge in [-0.1, -0.05) is 24.3 Å². The fourth-order valence-corrected chi connectivity index (χ4v) is 3.16. The van der Waals surface area contributed by atoms with Crippen molar-refractivity contribution in [1.29, 1.82) is 0 Å². The van der Waals surface area contributed by atoms with Gasteiger partial charge in [-0.15, -0.1) is 0 Å². The minimum absolute atomic E-state index is 0.120. The van der Waals surface area contributed by atoms with Crippen LogP contribution < -0.4 is 14.8 Å². The maximum atomic E-state index is 12.1. The fraction of sp³-hybridized carbons (Fsp3) is 0.280. The summed E-state index contributed by atoms with van der Waals surface area (Å²) in [7, 11) is 1.64. The van der Waals surface area contributed by atoms with E-state index in [9.17, 15) is 4.79 Å². The van der Waals surface area contributed by atoms with Gasteiger partial charge in [-0.05, 0) is 61.2 Å². The van der Waals surface area contributed by atoms with Crippen LogP contribution in [0.3, 0.4) is 0 Å². The molecule has 6 heteroatoms. The van der Waals surface area contributed by atoms with Gasteiger partial charge >= 0.3 is 0 Å². The molecule has 0 aliphatic carbocycles. The summed E-state index contributed by atoms with van der Waals surface area (Å²) >= 11 is 0.